The molecule has 2 rings (SSSR count). The van der Waals surface area contributed by atoms with Crippen LogP contribution in [0, 0.1) is 0 Å². The lowest BCUT2D eigenvalue weighted by atomic mass is 10.1. The van der Waals surface area contributed by atoms with E-state index >= 15 is 0 Å². The summed E-state index contributed by atoms with van der Waals surface area (Å²) in [4.78, 5) is 12.2. The average Bonchev–Trinajstić information content (AvgIpc) is 2.94. The van der Waals surface area contributed by atoms with Gasteiger partial charge in [-0.15, -0.1) is 0 Å². The number of nitrogens with one attached hydrogen (secondary N) is 1. The lowest BCUT2D eigenvalue weighted by Gasteiger charge is -2.22. The molecular weight excluding hydrogens is 226 g/mol. The highest BCUT2D eigenvalue weighted by atomic mass is 16.2. The molecule has 18 heavy (non-hydrogen) atoms. The van der Waals surface area contributed by atoms with Crippen LogP contribution in [0.2, 0.25) is 0 Å². The molecular formula is C14H23N3O. The van der Waals surface area contributed by atoms with Crippen LogP contribution in [0.25, 0.3) is 0 Å². The van der Waals surface area contributed by atoms with E-state index in [1.54, 1.807) is 0 Å². The van der Waals surface area contributed by atoms with Gasteiger partial charge in [-0.25, -0.2) is 0 Å². The van der Waals surface area contributed by atoms with Gasteiger partial charge < -0.3 is 5.32 Å². The molecule has 0 atom stereocenters. The normalized spacial score (nSPS) is 16.1. The second-order valence-corrected chi connectivity index (χ2v) is 6.44. The predicted molar refractivity (Wildman–Crippen MR) is 71.8 cm³/mol. The van der Waals surface area contributed by atoms with Gasteiger partial charge in [0.25, 0.3) is 5.91 Å². The maximum absolute atomic E-state index is 12.2. The van der Waals surface area contributed by atoms with Crippen molar-refractivity contribution in [3.05, 3.63) is 17.5 Å². The molecule has 1 amide bonds. The van der Waals surface area contributed by atoms with E-state index in [0.717, 1.165) is 5.69 Å². The van der Waals surface area contributed by atoms with Crippen molar-refractivity contribution in [1.82, 2.24) is 15.1 Å². The third kappa shape index (κ3) is 2.74. The van der Waals surface area contributed by atoms with Crippen LogP contribution in [0.4, 0.5) is 0 Å². The molecule has 1 N–H and O–H groups in total. The van der Waals surface area contributed by atoms with E-state index in [9.17, 15) is 4.79 Å². The Bertz CT molecular complexity index is 450. The third-order valence-corrected chi connectivity index (χ3v) is 3.01. The minimum Gasteiger partial charge on any atom is -0.349 e. The molecule has 0 bridgehead atoms. The molecule has 0 aliphatic heterocycles. The molecule has 0 unspecified atom stereocenters. The van der Waals surface area contributed by atoms with Crippen molar-refractivity contribution in [3.63, 3.8) is 0 Å². The van der Waals surface area contributed by atoms with Gasteiger partial charge in [-0.1, -0.05) is 0 Å². The van der Waals surface area contributed by atoms with E-state index in [2.05, 4.69) is 31.2 Å². The van der Waals surface area contributed by atoms with Crippen LogP contribution in [0.5, 0.6) is 0 Å². The van der Waals surface area contributed by atoms with Gasteiger partial charge in [0.1, 0.15) is 5.69 Å². The van der Waals surface area contributed by atoms with Crippen LogP contribution < -0.4 is 5.32 Å². The summed E-state index contributed by atoms with van der Waals surface area (Å²) in [5.74, 6) is 0.540. The van der Waals surface area contributed by atoms with Crippen molar-refractivity contribution in [2.24, 2.45) is 0 Å². The molecule has 4 heteroatoms. The second kappa shape index (κ2) is 4.41. The first kappa shape index (κ1) is 13.1. The number of hydrogen-bond donors (Lipinski definition) is 1. The van der Waals surface area contributed by atoms with Crippen LogP contribution in [-0.2, 0) is 5.54 Å². The Morgan fingerprint density at radius 3 is 2.50 bits per heavy atom. The van der Waals surface area contributed by atoms with E-state index in [4.69, 9.17) is 0 Å². The van der Waals surface area contributed by atoms with E-state index in [1.165, 1.54) is 12.8 Å². The van der Waals surface area contributed by atoms with Gasteiger partial charge in [0, 0.05) is 12.0 Å². The zero-order valence-electron chi connectivity index (χ0n) is 11.9. The minimum atomic E-state index is -0.170. The topological polar surface area (TPSA) is 46.9 Å². The maximum atomic E-state index is 12.2. The summed E-state index contributed by atoms with van der Waals surface area (Å²) in [6, 6.07) is 2.10. The SMILES string of the molecule is CC(C)NC(=O)c1cc(C2CC2)nn1C(C)(C)C. The summed E-state index contributed by atoms with van der Waals surface area (Å²) in [7, 11) is 0. The number of aromatic nitrogens is 2. The van der Waals surface area contributed by atoms with Crippen molar-refractivity contribution >= 4 is 5.91 Å². The molecule has 0 radical (unpaired) electrons. The summed E-state index contributed by atoms with van der Waals surface area (Å²) in [5.41, 5.74) is 1.58. The summed E-state index contributed by atoms with van der Waals surface area (Å²) in [6.45, 7) is 10.2. The van der Waals surface area contributed by atoms with Crippen LogP contribution in [0.1, 0.15) is 69.6 Å². The van der Waals surface area contributed by atoms with Gasteiger partial charge in [-0.2, -0.15) is 5.10 Å². The van der Waals surface area contributed by atoms with Crippen LogP contribution in [0.3, 0.4) is 0 Å². The van der Waals surface area contributed by atoms with Gasteiger partial charge in [0.15, 0.2) is 0 Å². The predicted octanol–water partition coefficient (Wildman–Crippen LogP) is 2.65. The highest BCUT2D eigenvalue weighted by Gasteiger charge is 2.31. The molecule has 1 saturated carbocycles. The number of amides is 1. The molecule has 1 aromatic rings. The van der Waals surface area contributed by atoms with Crippen LogP contribution in [-0.4, -0.2) is 21.7 Å². The van der Waals surface area contributed by atoms with Gasteiger partial charge in [-0.3, -0.25) is 9.48 Å². The summed E-state index contributed by atoms with van der Waals surface area (Å²) < 4.78 is 1.86. The zero-order chi connectivity index (χ0) is 13.5. The first-order chi connectivity index (χ1) is 8.29. The van der Waals surface area contributed by atoms with Crippen molar-refractivity contribution in [3.8, 4) is 0 Å². The number of hydrogen-bond acceptors (Lipinski definition) is 2. The Morgan fingerprint density at radius 1 is 1.44 bits per heavy atom. The first-order valence-corrected chi connectivity index (χ1v) is 6.70. The van der Waals surface area contributed by atoms with Crippen LogP contribution in [0.15, 0.2) is 6.07 Å². The van der Waals surface area contributed by atoms with Gasteiger partial charge >= 0.3 is 0 Å². The Kier molecular flexibility index (Phi) is 3.21. The van der Waals surface area contributed by atoms with Gasteiger partial charge in [0.05, 0.1) is 11.2 Å². The number of carbonyl (C=O) groups is 1. The number of carbonyl (C=O) groups excluding carboxylic acids is 1. The quantitative estimate of drug-likeness (QED) is 0.895. The zero-order valence-corrected chi connectivity index (χ0v) is 11.9. The molecule has 1 aliphatic carbocycles. The molecule has 1 heterocycles. The smallest absolute Gasteiger partial charge is 0.269 e. The molecule has 1 fully saturated rings. The molecule has 4 nitrogen and oxygen atoms in total. The largest absolute Gasteiger partial charge is 0.349 e. The Labute approximate surface area is 109 Å². The second-order valence-electron chi connectivity index (χ2n) is 6.44. The highest BCUT2D eigenvalue weighted by Crippen LogP contribution is 2.40. The average molecular weight is 249 g/mol. The monoisotopic (exact) mass is 249 g/mol. The molecule has 1 aromatic heterocycles. The van der Waals surface area contributed by atoms with Gasteiger partial charge in [-0.05, 0) is 53.5 Å². The molecule has 0 aromatic carbocycles. The van der Waals surface area contributed by atoms with E-state index in [0.29, 0.717) is 11.6 Å². The van der Waals surface area contributed by atoms with E-state index < -0.39 is 0 Å². The molecule has 0 saturated heterocycles. The van der Waals surface area contributed by atoms with Crippen molar-refractivity contribution in [1.29, 1.82) is 0 Å². The third-order valence-electron chi connectivity index (χ3n) is 3.01. The van der Waals surface area contributed by atoms with Crippen molar-refractivity contribution in [2.45, 2.75) is 65.0 Å². The lowest BCUT2D eigenvalue weighted by molar-refractivity contribution is 0.0924. The first-order valence-electron chi connectivity index (χ1n) is 6.70. The Morgan fingerprint density at radius 2 is 2.06 bits per heavy atom. The fourth-order valence-corrected chi connectivity index (χ4v) is 1.99. The summed E-state index contributed by atoms with van der Waals surface area (Å²) >= 11 is 0. The van der Waals surface area contributed by atoms with E-state index in [1.807, 2.05) is 24.6 Å². The fraction of sp³-hybridized carbons (Fsp3) is 0.714. The summed E-state index contributed by atoms with van der Waals surface area (Å²) in [5, 5.41) is 7.57. The highest BCUT2D eigenvalue weighted by molar-refractivity contribution is 5.93. The summed E-state index contributed by atoms with van der Waals surface area (Å²) in [6.07, 6.45) is 2.40. The van der Waals surface area contributed by atoms with Crippen LogP contribution >= 0.6 is 0 Å². The standard InChI is InChI=1S/C14H23N3O/c1-9(2)15-13(18)12-8-11(10-6-7-10)16-17(12)14(3,4)5/h8-10H,6-7H2,1-5H3,(H,15,18). The number of rotatable bonds is 3. The molecule has 0 spiro atoms. The molecule has 100 valence electrons. The van der Waals surface area contributed by atoms with Crippen molar-refractivity contribution < 1.29 is 4.79 Å². The molecule has 1 aliphatic rings. The number of nitrogens with zero attached hydrogens (tertiary/aromatic N) is 2. The van der Waals surface area contributed by atoms with Crippen molar-refractivity contribution in [2.75, 3.05) is 0 Å². The Balaban J connectivity index is 2.34. The van der Waals surface area contributed by atoms with Gasteiger partial charge in [0.2, 0.25) is 0 Å². The maximum Gasteiger partial charge on any atom is 0.269 e. The minimum absolute atomic E-state index is 0.0284. The fourth-order valence-electron chi connectivity index (χ4n) is 1.99. The Hall–Kier alpha value is -1.32. The lowest BCUT2D eigenvalue weighted by Crippen LogP contribution is -2.35. The van der Waals surface area contributed by atoms with E-state index in [-0.39, 0.29) is 17.5 Å².